The van der Waals surface area contributed by atoms with E-state index in [-0.39, 0.29) is 5.91 Å². The molecule has 0 spiro atoms. The van der Waals surface area contributed by atoms with Crippen LogP contribution in [0, 0.1) is 0 Å². The lowest BCUT2D eigenvalue weighted by Crippen LogP contribution is -2.19. The van der Waals surface area contributed by atoms with E-state index in [0.29, 0.717) is 11.3 Å². The van der Waals surface area contributed by atoms with Crippen LogP contribution in [0.2, 0.25) is 0 Å². The first kappa shape index (κ1) is 15.6. The standard InChI is InChI=1S/C20H17N3O/c1-15(19-9-5-6-14-21-19)22-23-20(24)18-12-10-17(11-13-18)16-7-3-2-4-8-16/h2-14H,1H3,(H,23,24)/b22-15-. The molecule has 24 heavy (non-hydrogen) atoms. The fraction of sp³-hybridized carbons (Fsp3) is 0.0500. The normalized spacial score (nSPS) is 11.1. The van der Waals surface area contributed by atoms with E-state index in [0.717, 1.165) is 16.8 Å². The van der Waals surface area contributed by atoms with Gasteiger partial charge in [0.15, 0.2) is 0 Å². The number of rotatable bonds is 4. The molecule has 0 unspecified atom stereocenters. The maximum atomic E-state index is 12.2. The van der Waals surface area contributed by atoms with Crippen molar-refractivity contribution in [3.05, 3.63) is 90.3 Å². The molecule has 0 fully saturated rings. The molecule has 0 aliphatic heterocycles. The summed E-state index contributed by atoms with van der Waals surface area (Å²) in [6, 6.07) is 23.1. The summed E-state index contributed by atoms with van der Waals surface area (Å²) in [6.07, 6.45) is 1.69. The summed E-state index contributed by atoms with van der Waals surface area (Å²) in [6.45, 7) is 1.81. The number of hydrogen-bond acceptors (Lipinski definition) is 3. The van der Waals surface area contributed by atoms with E-state index in [2.05, 4.69) is 15.5 Å². The molecule has 1 amide bonds. The Morgan fingerprint density at radius 1 is 0.875 bits per heavy atom. The van der Waals surface area contributed by atoms with Crippen LogP contribution < -0.4 is 5.43 Å². The fourth-order valence-electron chi connectivity index (χ4n) is 2.28. The summed E-state index contributed by atoms with van der Waals surface area (Å²) >= 11 is 0. The average molecular weight is 315 g/mol. The van der Waals surface area contributed by atoms with Crippen LogP contribution in [0.1, 0.15) is 23.0 Å². The van der Waals surface area contributed by atoms with Gasteiger partial charge in [-0.1, -0.05) is 48.5 Å². The second-order valence-corrected chi connectivity index (χ2v) is 5.30. The third kappa shape index (κ3) is 3.73. The molecule has 0 atom stereocenters. The van der Waals surface area contributed by atoms with Gasteiger partial charge in [0.1, 0.15) is 0 Å². The number of carbonyl (C=O) groups excluding carboxylic acids is 1. The minimum absolute atomic E-state index is 0.245. The molecule has 0 radical (unpaired) electrons. The zero-order chi connectivity index (χ0) is 16.8. The highest BCUT2D eigenvalue weighted by molar-refractivity contribution is 5.99. The molecule has 0 aliphatic rings. The Labute approximate surface area is 140 Å². The van der Waals surface area contributed by atoms with Crippen molar-refractivity contribution in [1.82, 2.24) is 10.4 Å². The van der Waals surface area contributed by atoms with E-state index in [1.54, 1.807) is 25.3 Å². The van der Waals surface area contributed by atoms with Crippen molar-refractivity contribution < 1.29 is 4.79 Å². The Hall–Kier alpha value is -3.27. The topological polar surface area (TPSA) is 54.4 Å². The number of nitrogens with one attached hydrogen (secondary N) is 1. The minimum atomic E-state index is -0.245. The Kier molecular flexibility index (Phi) is 4.77. The quantitative estimate of drug-likeness (QED) is 0.586. The number of amides is 1. The van der Waals surface area contributed by atoms with E-state index in [9.17, 15) is 4.79 Å². The number of hydrogen-bond donors (Lipinski definition) is 1. The van der Waals surface area contributed by atoms with Crippen LogP contribution in [-0.4, -0.2) is 16.6 Å². The van der Waals surface area contributed by atoms with Crippen molar-refractivity contribution in [1.29, 1.82) is 0 Å². The van der Waals surface area contributed by atoms with Crippen LogP contribution in [0.3, 0.4) is 0 Å². The molecule has 118 valence electrons. The Morgan fingerprint density at radius 3 is 2.21 bits per heavy atom. The van der Waals surface area contributed by atoms with Crippen LogP contribution in [0.5, 0.6) is 0 Å². The molecule has 4 nitrogen and oxygen atoms in total. The Balaban J connectivity index is 1.70. The zero-order valence-corrected chi connectivity index (χ0v) is 13.3. The van der Waals surface area contributed by atoms with Crippen molar-refractivity contribution >= 4 is 11.6 Å². The lowest BCUT2D eigenvalue weighted by atomic mass is 10.0. The molecule has 3 rings (SSSR count). The van der Waals surface area contributed by atoms with E-state index in [1.165, 1.54) is 0 Å². The fourth-order valence-corrected chi connectivity index (χ4v) is 2.28. The van der Waals surface area contributed by atoms with E-state index >= 15 is 0 Å². The second kappa shape index (κ2) is 7.33. The molecular formula is C20H17N3O. The summed E-state index contributed by atoms with van der Waals surface area (Å²) < 4.78 is 0. The number of benzene rings is 2. The van der Waals surface area contributed by atoms with Crippen molar-refractivity contribution in [2.24, 2.45) is 5.10 Å². The van der Waals surface area contributed by atoms with Gasteiger partial charge in [0.2, 0.25) is 0 Å². The van der Waals surface area contributed by atoms with Crippen molar-refractivity contribution in [3.8, 4) is 11.1 Å². The predicted octanol–water partition coefficient (Wildman–Crippen LogP) is 3.90. The molecule has 4 heteroatoms. The lowest BCUT2D eigenvalue weighted by molar-refractivity contribution is 0.0955. The summed E-state index contributed by atoms with van der Waals surface area (Å²) in [5.41, 5.74) is 6.71. The summed E-state index contributed by atoms with van der Waals surface area (Å²) in [5.74, 6) is -0.245. The van der Waals surface area contributed by atoms with Gasteiger partial charge in [0.05, 0.1) is 11.4 Å². The minimum Gasteiger partial charge on any atom is -0.267 e. The summed E-state index contributed by atoms with van der Waals surface area (Å²) in [4.78, 5) is 16.4. The monoisotopic (exact) mass is 315 g/mol. The molecule has 0 saturated heterocycles. The SMILES string of the molecule is C/C(=N/NC(=O)c1ccc(-c2ccccc2)cc1)c1ccccn1. The Morgan fingerprint density at radius 2 is 1.54 bits per heavy atom. The van der Waals surface area contributed by atoms with Crippen molar-refractivity contribution in [3.63, 3.8) is 0 Å². The van der Waals surface area contributed by atoms with Gasteiger partial charge in [-0.15, -0.1) is 0 Å². The summed E-state index contributed by atoms with van der Waals surface area (Å²) in [7, 11) is 0. The van der Waals surface area contributed by atoms with Gasteiger partial charge >= 0.3 is 0 Å². The smallest absolute Gasteiger partial charge is 0.267 e. The van der Waals surface area contributed by atoms with Gasteiger partial charge in [0.25, 0.3) is 5.91 Å². The van der Waals surface area contributed by atoms with Crippen LogP contribution >= 0.6 is 0 Å². The zero-order valence-electron chi connectivity index (χ0n) is 13.3. The third-order valence-electron chi connectivity index (χ3n) is 3.61. The van der Waals surface area contributed by atoms with Gasteiger partial charge in [0, 0.05) is 11.8 Å². The first-order valence-corrected chi connectivity index (χ1v) is 7.65. The number of carbonyl (C=O) groups is 1. The van der Waals surface area contributed by atoms with Crippen LogP contribution in [-0.2, 0) is 0 Å². The highest BCUT2D eigenvalue weighted by atomic mass is 16.2. The second-order valence-electron chi connectivity index (χ2n) is 5.30. The third-order valence-corrected chi connectivity index (χ3v) is 3.61. The molecule has 0 aliphatic carbocycles. The van der Waals surface area contributed by atoms with E-state index in [4.69, 9.17) is 0 Å². The van der Waals surface area contributed by atoms with Gasteiger partial charge in [-0.3, -0.25) is 9.78 Å². The molecule has 1 aromatic heterocycles. The van der Waals surface area contributed by atoms with Crippen molar-refractivity contribution in [2.75, 3.05) is 0 Å². The number of nitrogens with zero attached hydrogens (tertiary/aromatic N) is 2. The van der Waals surface area contributed by atoms with Crippen molar-refractivity contribution in [2.45, 2.75) is 6.92 Å². The molecule has 3 aromatic rings. The predicted molar refractivity (Wildman–Crippen MR) is 95.8 cm³/mol. The van der Waals surface area contributed by atoms with E-state index in [1.807, 2.05) is 60.7 Å². The van der Waals surface area contributed by atoms with Gasteiger partial charge in [-0.2, -0.15) is 5.10 Å². The van der Waals surface area contributed by atoms with Crippen LogP contribution in [0.4, 0.5) is 0 Å². The largest absolute Gasteiger partial charge is 0.271 e. The highest BCUT2D eigenvalue weighted by Crippen LogP contribution is 2.19. The lowest BCUT2D eigenvalue weighted by Gasteiger charge is -2.05. The number of aromatic nitrogens is 1. The molecular weight excluding hydrogens is 298 g/mol. The van der Waals surface area contributed by atoms with Crippen LogP contribution in [0.15, 0.2) is 84.1 Å². The molecule has 1 N–H and O–H groups in total. The van der Waals surface area contributed by atoms with E-state index < -0.39 is 0 Å². The first-order chi connectivity index (χ1) is 11.7. The molecule has 2 aromatic carbocycles. The average Bonchev–Trinajstić information content (AvgIpc) is 2.67. The molecule has 0 bridgehead atoms. The molecule has 0 saturated carbocycles. The van der Waals surface area contributed by atoms with Gasteiger partial charge < -0.3 is 0 Å². The number of pyridine rings is 1. The van der Waals surface area contributed by atoms with Gasteiger partial charge in [-0.05, 0) is 42.3 Å². The van der Waals surface area contributed by atoms with Gasteiger partial charge in [-0.25, -0.2) is 5.43 Å². The number of hydrazone groups is 1. The maximum absolute atomic E-state index is 12.2. The Bertz CT molecular complexity index is 841. The van der Waals surface area contributed by atoms with Crippen LogP contribution in [0.25, 0.3) is 11.1 Å². The first-order valence-electron chi connectivity index (χ1n) is 7.65. The summed E-state index contributed by atoms with van der Waals surface area (Å²) in [5, 5.41) is 4.11. The maximum Gasteiger partial charge on any atom is 0.271 e. The molecule has 1 heterocycles. The highest BCUT2D eigenvalue weighted by Gasteiger charge is 2.06.